The van der Waals surface area contributed by atoms with Crippen molar-refractivity contribution in [2.75, 3.05) is 13.1 Å². The minimum absolute atomic E-state index is 0.0146. The Morgan fingerprint density at radius 2 is 1.29 bits per heavy atom. The number of aliphatic carboxylic acids is 2. The number of amides is 5. The second kappa shape index (κ2) is 18.5. The van der Waals surface area contributed by atoms with E-state index in [1.165, 1.54) is 21.9 Å². The van der Waals surface area contributed by atoms with Crippen molar-refractivity contribution in [1.82, 2.24) is 25.8 Å². The summed E-state index contributed by atoms with van der Waals surface area (Å²) in [6, 6.07) is -0.533. The van der Waals surface area contributed by atoms with Gasteiger partial charge < -0.3 is 46.8 Å². The lowest BCUT2D eigenvalue weighted by Gasteiger charge is -2.32. The number of hydrogen-bond donors (Lipinski definition) is 7. The predicted molar refractivity (Wildman–Crippen MR) is 184 cm³/mol. The molecule has 2 aliphatic rings. The molecule has 2 saturated heterocycles. The summed E-state index contributed by atoms with van der Waals surface area (Å²) in [5.74, 6) is -5.69. The monoisotopic (exact) mass is 716 g/mol. The Morgan fingerprint density at radius 1 is 0.784 bits per heavy atom. The number of rotatable bonds is 17. The van der Waals surface area contributed by atoms with Crippen LogP contribution >= 0.6 is 0 Å². The van der Waals surface area contributed by atoms with E-state index in [2.05, 4.69) is 16.0 Å². The summed E-state index contributed by atoms with van der Waals surface area (Å²) in [5, 5.41) is 36.5. The van der Waals surface area contributed by atoms with Gasteiger partial charge in [0.1, 0.15) is 36.0 Å². The Kier molecular flexibility index (Phi) is 14.8. The molecule has 16 heteroatoms. The molecule has 0 unspecified atom stereocenters. The highest BCUT2D eigenvalue weighted by molar-refractivity contribution is 5.97. The molecule has 6 atom stereocenters. The van der Waals surface area contributed by atoms with Crippen molar-refractivity contribution in [3.8, 4) is 5.75 Å². The molecule has 0 radical (unpaired) electrons. The highest BCUT2D eigenvalue weighted by Crippen LogP contribution is 2.24. The van der Waals surface area contributed by atoms with Gasteiger partial charge in [-0.25, -0.2) is 4.79 Å². The Labute approximate surface area is 297 Å². The fraction of sp³-hybridized carbons (Fsp3) is 0.629. The second-order valence-corrected chi connectivity index (χ2v) is 14.1. The summed E-state index contributed by atoms with van der Waals surface area (Å²) in [6.45, 7) is 7.59. The van der Waals surface area contributed by atoms with E-state index in [1.807, 2.05) is 13.8 Å². The van der Waals surface area contributed by atoms with Crippen molar-refractivity contribution in [1.29, 1.82) is 0 Å². The number of nitrogens with one attached hydrogen (secondary N) is 3. The molecule has 1 aromatic rings. The third kappa shape index (κ3) is 11.4. The van der Waals surface area contributed by atoms with E-state index in [1.54, 1.807) is 26.0 Å². The third-order valence-electron chi connectivity index (χ3n) is 9.27. The largest absolute Gasteiger partial charge is 0.508 e. The number of phenols is 1. The van der Waals surface area contributed by atoms with Gasteiger partial charge in [-0.1, -0.05) is 39.8 Å². The highest BCUT2D eigenvalue weighted by atomic mass is 16.4. The first-order valence-corrected chi connectivity index (χ1v) is 17.5. The summed E-state index contributed by atoms with van der Waals surface area (Å²) in [4.78, 5) is 93.7. The minimum atomic E-state index is -1.29. The molecule has 16 nitrogen and oxygen atoms in total. The van der Waals surface area contributed by atoms with Crippen molar-refractivity contribution in [2.24, 2.45) is 17.6 Å². The zero-order valence-electron chi connectivity index (χ0n) is 29.7. The molecule has 0 bridgehead atoms. The molecule has 0 aromatic heterocycles. The van der Waals surface area contributed by atoms with Crippen LogP contribution in [0.25, 0.3) is 0 Å². The maximum Gasteiger partial charge on any atom is 0.326 e. The minimum Gasteiger partial charge on any atom is -0.508 e. The van der Waals surface area contributed by atoms with Crippen LogP contribution in [0, 0.1) is 11.8 Å². The van der Waals surface area contributed by atoms with Crippen LogP contribution in [0.1, 0.15) is 78.2 Å². The zero-order valence-corrected chi connectivity index (χ0v) is 29.7. The van der Waals surface area contributed by atoms with E-state index in [0.29, 0.717) is 24.8 Å². The Bertz CT molecular complexity index is 1430. The Hall–Kier alpha value is -4.73. The first-order chi connectivity index (χ1) is 24.0. The number of carbonyl (C=O) groups excluding carboxylic acids is 5. The third-order valence-corrected chi connectivity index (χ3v) is 9.27. The Morgan fingerprint density at radius 3 is 1.76 bits per heavy atom. The molecule has 3 rings (SSSR count). The topological polar surface area (TPSA) is 249 Å². The second-order valence-electron chi connectivity index (χ2n) is 14.1. The van der Waals surface area contributed by atoms with E-state index in [4.69, 9.17) is 5.73 Å². The molecule has 0 aliphatic carbocycles. The fourth-order valence-corrected chi connectivity index (χ4v) is 6.40. The lowest BCUT2D eigenvalue weighted by molar-refractivity contribution is -0.146. The first kappa shape index (κ1) is 40.7. The SMILES string of the molecule is CC(C)C[C@H](NC(=O)[C@@H]1CCCN1C(=O)[C@H](CCC(=O)O)NC(=O)[C@@H](N)C(C)C)C(=O)N1CCC[C@H]1C(=O)N[C@@H](Cc1ccc(O)cc1)C(=O)O. The van der Waals surface area contributed by atoms with E-state index in [9.17, 15) is 48.9 Å². The lowest BCUT2D eigenvalue weighted by atomic mass is 10.0. The van der Waals surface area contributed by atoms with Gasteiger partial charge in [-0.15, -0.1) is 0 Å². The van der Waals surface area contributed by atoms with Crippen molar-refractivity contribution >= 4 is 41.5 Å². The highest BCUT2D eigenvalue weighted by Gasteiger charge is 2.42. The molecule has 5 amide bonds. The number of likely N-dealkylation sites (tertiary alicyclic amines) is 2. The molecular formula is C35H52N6O10. The maximum atomic E-state index is 14.0. The van der Waals surface area contributed by atoms with E-state index < -0.39 is 84.1 Å². The van der Waals surface area contributed by atoms with Crippen LogP contribution in [0.3, 0.4) is 0 Å². The fourth-order valence-electron chi connectivity index (χ4n) is 6.40. The van der Waals surface area contributed by atoms with Crippen LogP contribution in [0.4, 0.5) is 0 Å². The standard InChI is InChI=1S/C35H52N6O10/c1-19(2)17-24(34(49)41-16-6-8-27(41)31(46)39-25(35(50)51)18-21-9-11-22(42)12-10-21)38-30(45)26-7-5-15-40(26)33(48)23(13-14-28(43)44)37-32(47)29(36)20(3)4/h9-12,19-20,23-27,29,42H,5-8,13-18,36H2,1-4H3,(H,37,47)(H,38,45)(H,39,46)(H,43,44)(H,50,51)/t23-,24-,25-,26-,27-,29-/m0/s1. The molecular weight excluding hydrogens is 664 g/mol. The molecule has 51 heavy (non-hydrogen) atoms. The number of hydrogen-bond acceptors (Lipinski definition) is 9. The number of nitrogens with two attached hydrogens (primary N) is 1. The smallest absolute Gasteiger partial charge is 0.326 e. The maximum absolute atomic E-state index is 14.0. The zero-order chi connectivity index (χ0) is 38.0. The van der Waals surface area contributed by atoms with Crippen LogP contribution < -0.4 is 21.7 Å². The summed E-state index contributed by atoms with van der Waals surface area (Å²) < 4.78 is 0. The van der Waals surface area contributed by atoms with Gasteiger partial charge in [-0.05, 0) is 68.1 Å². The van der Waals surface area contributed by atoms with E-state index in [0.717, 1.165) is 0 Å². The number of carboxylic acids is 2. The number of carboxylic acid groups (broad SMARTS) is 2. The van der Waals surface area contributed by atoms with Gasteiger partial charge in [0.2, 0.25) is 29.5 Å². The van der Waals surface area contributed by atoms with Gasteiger partial charge in [0.05, 0.1) is 6.04 Å². The number of benzene rings is 1. The van der Waals surface area contributed by atoms with Gasteiger partial charge in [0.15, 0.2) is 0 Å². The number of nitrogens with zero attached hydrogens (tertiary/aromatic N) is 2. The van der Waals surface area contributed by atoms with Gasteiger partial charge in [0, 0.05) is 25.9 Å². The Balaban J connectivity index is 1.75. The molecule has 8 N–H and O–H groups in total. The summed E-state index contributed by atoms with van der Waals surface area (Å²) in [5.41, 5.74) is 6.53. The predicted octanol–water partition coefficient (Wildman–Crippen LogP) is 0.350. The average molecular weight is 717 g/mol. The molecule has 0 saturated carbocycles. The normalized spacial score (nSPS) is 19.7. The van der Waals surface area contributed by atoms with Crippen molar-refractivity contribution in [3.63, 3.8) is 0 Å². The van der Waals surface area contributed by atoms with Crippen molar-refractivity contribution < 1.29 is 48.9 Å². The van der Waals surface area contributed by atoms with Gasteiger partial charge in [-0.2, -0.15) is 0 Å². The van der Waals surface area contributed by atoms with Crippen LogP contribution in [0.15, 0.2) is 24.3 Å². The quantitative estimate of drug-likeness (QED) is 0.116. The molecule has 2 fully saturated rings. The molecule has 282 valence electrons. The van der Waals surface area contributed by atoms with Crippen LogP contribution in [0.2, 0.25) is 0 Å². The summed E-state index contributed by atoms with van der Waals surface area (Å²) in [6.07, 6.45) is 1.07. The molecule has 2 heterocycles. The molecule has 2 aliphatic heterocycles. The van der Waals surface area contributed by atoms with Crippen molar-refractivity contribution in [3.05, 3.63) is 29.8 Å². The van der Waals surface area contributed by atoms with Gasteiger partial charge in [0.25, 0.3) is 0 Å². The average Bonchev–Trinajstić information content (AvgIpc) is 3.76. The number of phenolic OH excluding ortho intramolecular Hbond substituents is 1. The summed E-state index contributed by atoms with van der Waals surface area (Å²) in [7, 11) is 0. The van der Waals surface area contributed by atoms with E-state index >= 15 is 0 Å². The number of carbonyl (C=O) groups is 7. The molecule has 1 aromatic carbocycles. The number of aromatic hydroxyl groups is 1. The first-order valence-electron chi connectivity index (χ1n) is 17.5. The van der Waals surface area contributed by atoms with E-state index in [-0.39, 0.29) is 56.4 Å². The van der Waals surface area contributed by atoms with Crippen LogP contribution in [0.5, 0.6) is 5.75 Å². The van der Waals surface area contributed by atoms with Crippen LogP contribution in [-0.2, 0) is 40.0 Å². The van der Waals surface area contributed by atoms with Gasteiger partial charge in [-0.3, -0.25) is 28.8 Å². The molecule has 0 spiro atoms. The van der Waals surface area contributed by atoms with Crippen molar-refractivity contribution in [2.45, 2.75) is 115 Å². The van der Waals surface area contributed by atoms with Crippen LogP contribution in [-0.4, -0.2) is 116 Å². The van der Waals surface area contributed by atoms with Gasteiger partial charge >= 0.3 is 11.9 Å². The summed E-state index contributed by atoms with van der Waals surface area (Å²) >= 11 is 0. The lowest BCUT2D eigenvalue weighted by Crippen LogP contribution is -2.59.